The number of amides is 1. The van der Waals surface area contributed by atoms with Crippen LogP contribution < -0.4 is 5.32 Å². The summed E-state index contributed by atoms with van der Waals surface area (Å²) in [4.78, 5) is 17.3. The molecule has 146 valence electrons. The van der Waals surface area contributed by atoms with Gasteiger partial charge in [-0.05, 0) is 30.9 Å². The average molecular weight is 427 g/mol. The summed E-state index contributed by atoms with van der Waals surface area (Å²) in [6.45, 7) is 3.38. The second-order valence-electron chi connectivity index (χ2n) is 6.18. The van der Waals surface area contributed by atoms with Gasteiger partial charge in [-0.25, -0.2) is 9.50 Å². The zero-order valence-corrected chi connectivity index (χ0v) is 16.3. The molecule has 3 aromatic heterocycles. The van der Waals surface area contributed by atoms with E-state index in [1.807, 2.05) is 0 Å². The summed E-state index contributed by atoms with van der Waals surface area (Å²) in [6, 6.07) is 4.21. The van der Waals surface area contributed by atoms with Gasteiger partial charge in [0.1, 0.15) is 5.02 Å². The van der Waals surface area contributed by atoms with Crippen LogP contribution in [0.1, 0.15) is 36.5 Å². The van der Waals surface area contributed by atoms with E-state index in [9.17, 15) is 18.0 Å². The quantitative estimate of drug-likeness (QED) is 0.617. The van der Waals surface area contributed by atoms with Crippen LogP contribution in [0, 0.1) is 12.3 Å². The molecule has 0 saturated heterocycles. The SMILES string of the molecule is C#C[C@@](C)(CC)NC(=O)c1nn2c(C(F)(F)F)cc(-c3cccs3)nc2c1Cl. The fourth-order valence-corrected chi connectivity index (χ4v) is 3.36. The molecule has 10 heteroatoms. The molecule has 0 radical (unpaired) electrons. The summed E-state index contributed by atoms with van der Waals surface area (Å²) < 4.78 is 41.4. The fourth-order valence-electron chi connectivity index (χ4n) is 2.43. The molecule has 0 aromatic carbocycles. The number of carbonyl (C=O) groups excluding carboxylic acids is 1. The Morgan fingerprint density at radius 2 is 2.18 bits per heavy atom. The van der Waals surface area contributed by atoms with Crippen LogP contribution in [0.5, 0.6) is 0 Å². The van der Waals surface area contributed by atoms with Crippen molar-refractivity contribution in [3.8, 4) is 22.9 Å². The molecule has 0 aliphatic carbocycles. The van der Waals surface area contributed by atoms with Crippen molar-refractivity contribution in [2.24, 2.45) is 0 Å². The van der Waals surface area contributed by atoms with E-state index in [-0.39, 0.29) is 22.1 Å². The maximum atomic E-state index is 13.6. The molecule has 0 fully saturated rings. The number of hydrogen-bond donors (Lipinski definition) is 1. The minimum absolute atomic E-state index is 0.0885. The Bertz CT molecular complexity index is 1090. The maximum Gasteiger partial charge on any atom is 0.433 e. The molecule has 0 saturated carbocycles. The minimum atomic E-state index is -4.73. The molecule has 1 N–H and O–H groups in total. The summed E-state index contributed by atoms with van der Waals surface area (Å²) in [5.74, 6) is 1.67. The lowest BCUT2D eigenvalue weighted by Gasteiger charge is -2.22. The van der Waals surface area contributed by atoms with E-state index in [4.69, 9.17) is 18.0 Å². The highest BCUT2D eigenvalue weighted by atomic mass is 35.5. The molecule has 1 amide bonds. The van der Waals surface area contributed by atoms with E-state index < -0.39 is 23.3 Å². The average Bonchev–Trinajstić information content (AvgIpc) is 3.28. The molecular formula is C18H14ClF3N4OS. The fraction of sp³-hybridized carbons (Fsp3) is 0.278. The van der Waals surface area contributed by atoms with E-state index in [0.29, 0.717) is 15.8 Å². The zero-order chi connectivity index (χ0) is 20.7. The number of terminal acetylenes is 1. The summed E-state index contributed by atoms with van der Waals surface area (Å²) in [5.41, 5.74) is -2.62. The van der Waals surface area contributed by atoms with Crippen LogP contribution in [0.3, 0.4) is 0 Å². The van der Waals surface area contributed by atoms with Gasteiger partial charge in [0.2, 0.25) is 0 Å². The first kappa shape index (κ1) is 20.2. The Morgan fingerprint density at radius 1 is 1.46 bits per heavy atom. The molecule has 5 nitrogen and oxygen atoms in total. The summed E-state index contributed by atoms with van der Waals surface area (Å²) in [5, 5.41) is 7.79. The van der Waals surface area contributed by atoms with E-state index in [1.54, 1.807) is 31.4 Å². The van der Waals surface area contributed by atoms with Gasteiger partial charge in [-0.3, -0.25) is 4.79 Å². The van der Waals surface area contributed by atoms with E-state index in [2.05, 4.69) is 21.3 Å². The van der Waals surface area contributed by atoms with Gasteiger partial charge in [-0.15, -0.1) is 17.8 Å². The summed E-state index contributed by atoms with van der Waals surface area (Å²) in [7, 11) is 0. The standard InChI is InChI=1S/C18H14ClF3N4OS/c1-4-17(3,5-2)24-16(27)14-13(19)15-23-10(11-7-6-8-28-11)9-12(18(20,21)22)26(15)25-14/h1,6-9H,5H2,2-3H3,(H,24,27)/t17-/m0/s1. The highest BCUT2D eigenvalue weighted by Gasteiger charge is 2.37. The lowest BCUT2D eigenvalue weighted by atomic mass is 10.0. The van der Waals surface area contributed by atoms with Gasteiger partial charge in [0.05, 0.1) is 16.1 Å². The van der Waals surface area contributed by atoms with Gasteiger partial charge in [0.15, 0.2) is 17.0 Å². The Balaban J connectivity index is 2.19. The van der Waals surface area contributed by atoms with Crippen molar-refractivity contribution in [2.75, 3.05) is 0 Å². The molecule has 0 bridgehead atoms. The molecule has 3 aromatic rings. The van der Waals surface area contributed by atoms with Gasteiger partial charge in [0.25, 0.3) is 5.91 Å². The number of hydrogen-bond acceptors (Lipinski definition) is 4. The number of aromatic nitrogens is 3. The largest absolute Gasteiger partial charge is 0.433 e. The highest BCUT2D eigenvalue weighted by Crippen LogP contribution is 2.35. The molecule has 0 unspecified atom stereocenters. The summed E-state index contributed by atoms with van der Waals surface area (Å²) >= 11 is 7.43. The van der Waals surface area contributed by atoms with E-state index in [0.717, 1.165) is 6.07 Å². The monoisotopic (exact) mass is 426 g/mol. The topological polar surface area (TPSA) is 59.3 Å². The number of rotatable bonds is 4. The number of carbonyl (C=O) groups is 1. The van der Waals surface area contributed by atoms with Gasteiger partial charge in [-0.1, -0.05) is 30.5 Å². The van der Waals surface area contributed by atoms with E-state index in [1.165, 1.54) is 11.3 Å². The number of halogens is 4. The second-order valence-corrected chi connectivity index (χ2v) is 7.51. The lowest BCUT2D eigenvalue weighted by molar-refractivity contribution is -0.142. The van der Waals surface area contributed by atoms with Crippen molar-refractivity contribution >= 4 is 34.5 Å². The van der Waals surface area contributed by atoms with Crippen molar-refractivity contribution in [1.29, 1.82) is 0 Å². The molecule has 0 aliphatic rings. The van der Waals surface area contributed by atoms with Crippen molar-refractivity contribution < 1.29 is 18.0 Å². The zero-order valence-electron chi connectivity index (χ0n) is 14.8. The molecule has 3 heterocycles. The lowest BCUT2D eigenvalue weighted by Crippen LogP contribution is -2.44. The Morgan fingerprint density at radius 3 is 2.71 bits per heavy atom. The molecule has 3 rings (SSSR count). The van der Waals surface area contributed by atoms with Crippen molar-refractivity contribution in [2.45, 2.75) is 32.0 Å². The number of thiophene rings is 1. The molecule has 28 heavy (non-hydrogen) atoms. The Kier molecular flexibility index (Phi) is 5.12. The van der Waals surface area contributed by atoms with Crippen LogP contribution in [0.4, 0.5) is 13.2 Å². The third-order valence-corrected chi connectivity index (χ3v) is 5.47. The van der Waals surface area contributed by atoms with Gasteiger partial charge < -0.3 is 5.32 Å². The van der Waals surface area contributed by atoms with Crippen LogP contribution in [0.25, 0.3) is 16.2 Å². The van der Waals surface area contributed by atoms with Crippen LogP contribution in [0.2, 0.25) is 5.02 Å². The first-order valence-electron chi connectivity index (χ1n) is 8.10. The van der Waals surface area contributed by atoms with Crippen LogP contribution in [-0.2, 0) is 6.18 Å². The first-order valence-corrected chi connectivity index (χ1v) is 9.36. The summed E-state index contributed by atoms with van der Waals surface area (Å²) in [6.07, 6.45) is 1.11. The number of alkyl halides is 3. The number of fused-ring (bicyclic) bond motifs is 1. The highest BCUT2D eigenvalue weighted by molar-refractivity contribution is 7.13. The molecule has 1 atom stereocenters. The Hall–Kier alpha value is -2.57. The van der Waals surface area contributed by atoms with Gasteiger partial charge in [0, 0.05) is 0 Å². The van der Waals surface area contributed by atoms with Crippen molar-refractivity contribution in [3.05, 3.63) is 40.0 Å². The van der Waals surface area contributed by atoms with Crippen molar-refractivity contribution in [1.82, 2.24) is 19.9 Å². The minimum Gasteiger partial charge on any atom is -0.335 e. The van der Waals surface area contributed by atoms with Crippen LogP contribution >= 0.6 is 22.9 Å². The first-order chi connectivity index (χ1) is 13.1. The van der Waals surface area contributed by atoms with Crippen molar-refractivity contribution in [3.63, 3.8) is 0 Å². The van der Waals surface area contributed by atoms with Crippen LogP contribution in [0.15, 0.2) is 23.6 Å². The molecule has 0 aliphatic heterocycles. The third-order valence-electron chi connectivity index (χ3n) is 4.23. The Labute approximate surface area is 167 Å². The predicted molar refractivity (Wildman–Crippen MR) is 101 cm³/mol. The third kappa shape index (κ3) is 3.57. The number of nitrogens with one attached hydrogen (secondary N) is 1. The van der Waals surface area contributed by atoms with Crippen LogP contribution in [-0.4, -0.2) is 26.0 Å². The smallest absolute Gasteiger partial charge is 0.335 e. The maximum absolute atomic E-state index is 13.6. The van der Waals surface area contributed by atoms with E-state index >= 15 is 0 Å². The van der Waals surface area contributed by atoms with Gasteiger partial charge >= 0.3 is 6.18 Å². The predicted octanol–water partition coefficient (Wildman–Crippen LogP) is 4.66. The number of nitrogens with zero attached hydrogens (tertiary/aromatic N) is 3. The normalized spacial score (nSPS) is 13.9. The molecular weight excluding hydrogens is 413 g/mol. The molecule has 0 spiro atoms. The van der Waals surface area contributed by atoms with Gasteiger partial charge in [-0.2, -0.15) is 18.3 Å². The second kappa shape index (κ2) is 7.11.